The van der Waals surface area contributed by atoms with Crippen LogP contribution in [-0.4, -0.2) is 18.7 Å². The maximum Gasteiger partial charge on any atom is 0.573 e. The van der Waals surface area contributed by atoms with Gasteiger partial charge in [0, 0.05) is 22.9 Å². The normalized spacial score (nSPS) is 15.4. The number of nitrogens with one attached hydrogen (secondary N) is 1. The van der Waals surface area contributed by atoms with E-state index >= 15 is 0 Å². The van der Waals surface area contributed by atoms with E-state index in [1.807, 2.05) is 0 Å². The van der Waals surface area contributed by atoms with Crippen molar-refractivity contribution in [3.63, 3.8) is 0 Å². The summed E-state index contributed by atoms with van der Waals surface area (Å²) in [5, 5.41) is 3.10. The molecule has 15 heavy (non-hydrogen) atoms. The lowest BCUT2D eigenvalue weighted by atomic mass is 10.3. The van der Waals surface area contributed by atoms with Crippen molar-refractivity contribution >= 4 is 17.4 Å². The van der Waals surface area contributed by atoms with E-state index < -0.39 is 6.36 Å². The van der Waals surface area contributed by atoms with Gasteiger partial charge in [0.05, 0.1) is 0 Å². The summed E-state index contributed by atoms with van der Waals surface area (Å²) in [7, 11) is 0. The van der Waals surface area contributed by atoms with Gasteiger partial charge >= 0.3 is 6.36 Å². The molecule has 0 spiro atoms. The van der Waals surface area contributed by atoms with E-state index in [0.29, 0.717) is 0 Å². The highest BCUT2D eigenvalue weighted by atomic mass is 32.2. The van der Waals surface area contributed by atoms with Crippen LogP contribution in [-0.2, 0) is 0 Å². The highest BCUT2D eigenvalue weighted by Crippen LogP contribution is 2.35. The fraction of sp³-hybridized carbons (Fsp3) is 0.333. The maximum atomic E-state index is 11.9. The number of anilines is 1. The van der Waals surface area contributed by atoms with Crippen LogP contribution in [0.3, 0.4) is 0 Å². The summed E-state index contributed by atoms with van der Waals surface area (Å²) in [6.45, 7) is 0.830. The zero-order valence-electron chi connectivity index (χ0n) is 7.60. The Kier molecular flexibility index (Phi) is 2.68. The van der Waals surface area contributed by atoms with Gasteiger partial charge in [-0.15, -0.1) is 24.9 Å². The first-order valence-corrected chi connectivity index (χ1v) is 5.30. The average Bonchev–Trinajstić information content (AvgIpc) is 2.15. The molecule has 0 atom stereocenters. The zero-order valence-corrected chi connectivity index (χ0v) is 8.41. The number of benzene rings is 1. The van der Waals surface area contributed by atoms with Gasteiger partial charge in [-0.3, -0.25) is 0 Å². The van der Waals surface area contributed by atoms with Gasteiger partial charge in [0.25, 0.3) is 0 Å². The molecular weight excluding hydrogens is 227 g/mol. The van der Waals surface area contributed by atoms with E-state index in [0.717, 1.165) is 22.9 Å². The smallest absolute Gasteiger partial charge is 0.406 e. The SMILES string of the molecule is FC(F)(F)Oc1ccc2c(c1)SCCN2. The molecule has 0 aromatic heterocycles. The predicted octanol–water partition coefficient (Wildman–Crippen LogP) is 3.10. The molecule has 1 aliphatic rings. The highest BCUT2D eigenvalue weighted by molar-refractivity contribution is 7.99. The second-order valence-corrected chi connectivity index (χ2v) is 4.12. The number of fused-ring (bicyclic) bond motifs is 1. The third-order valence-corrected chi connectivity index (χ3v) is 2.92. The minimum absolute atomic E-state index is 0.169. The van der Waals surface area contributed by atoms with E-state index in [9.17, 15) is 13.2 Å². The van der Waals surface area contributed by atoms with Gasteiger partial charge in [0.15, 0.2) is 0 Å². The van der Waals surface area contributed by atoms with Crippen molar-refractivity contribution < 1.29 is 17.9 Å². The lowest BCUT2D eigenvalue weighted by Gasteiger charge is -2.18. The van der Waals surface area contributed by atoms with Crippen molar-refractivity contribution in [1.82, 2.24) is 0 Å². The molecule has 0 fully saturated rings. The monoisotopic (exact) mass is 235 g/mol. The molecule has 1 N–H and O–H groups in total. The van der Waals surface area contributed by atoms with Gasteiger partial charge in [0.1, 0.15) is 5.75 Å². The van der Waals surface area contributed by atoms with Gasteiger partial charge in [-0.25, -0.2) is 0 Å². The van der Waals surface area contributed by atoms with Gasteiger partial charge < -0.3 is 10.1 Å². The lowest BCUT2D eigenvalue weighted by molar-refractivity contribution is -0.274. The first-order chi connectivity index (χ1) is 7.04. The molecule has 0 bridgehead atoms. The highest BCUT2D eigenvalue weighted by Gasteiger charge is 2.31. The first kappa shape index (κ1) is 10.5. The number of ether oxygens (including phenoxy) is 1. The topological polar surface area (TPSA) is 21.3 Å². The third kappa shape index (κ3) is 2.71. The van der Waals surface area contributed by atoms with Crippen molar-refractivity contribution in [1.29, 1.82) is 0 Å². The Morgan fingerprint density at radius 1 is 1.33 bits per heavy atom. The van der Waals surface area contributed by atoms with Gasteiger partial charge in [0.2, 0.25) is 0 Å². The molecular formula is C9H8F3NOS. The van der Waals surface area contributed by atoms with E-state index in [-0.39, 0.29) is 5.75 Å². The van der Waals surface area contributed by atoms with Crippen LogP contribution in [0.4, 0.5) is 18.9 Å². The number of hydrogen-bond acceptors (Lipinski definition) is 3. The Morgan fingerprint density at radius 2 is 2.13 bits per heavy atom. The van der Waals surface area contributed by atoms with E-state index in [1.165, 1.54) is 23.9 Å². The van der Waals surface area contributed by atoms with Crippen molar-refractivity contribution in [2.75, 3.05) is 17.6 Å². The standard InChI is InChI=1S/C9H8F3NOS/c10-9(11,12)14-6-1-2-7-8(5-6)15-4-3-13-7/h1-2,5,13H,3-4H2. The van der Waals surface area contributed by atoms with Crippen LogP contribution >= 0.6 is 11.8 Å². The molecule has 0 saturated carbocycles. The average molecular weight is 235 g/mol. The van der Waals surface area contributed by atoms with Gasteiger partial charge in [-0.1, -0.05) is 0 Å². The Balaban J connectivity index is 2.21. The molecule has 1 heterocycles. The Bertz CT molecular complexity index is 367. The fourth-order valence-electron chi connectivity index (χ4n) is 1.31. The minimum atomic E-state index is -4.62. The van der Waals surface area contributed by atoms with Gasteiger partial charge in [-0.05, 0) is 18.2 Å². The summed E-state index contributed by atoms with van der Waals surface area (Å²) in [5.41, 5.74) is 0.862. The second-order valence-electron chi connectivity index (χ2n) is 2.98. The first-order valence-electron chi connectivity index (χ1n) is 4.31. The molecule has 2 nitrogen and oxygen atoms in total. The maximum absolute atomic E-state index is 11.9. The van der Waals surface area contributed by atoms with Crippen LogP contribution < -0.4 is 10.1 Å². The quantitative estimate of drug-likeness (QED) is 0.808. The number of halogens is 3. The third-order valence-electron chi connectivity index (χ3n) is 1.86. The minimum Gasteiger partial charge on any atom is -0.406 e. The van der Waals surface area contributed by atoms with E-state index in [2.05, 4.69) is 10.1 Å². The van der Waals surface area contributed by atoms with Crippen LogP contribution in [0.15, 0.2) is 23.1 Å². The Labute approximate surface area is 88.8 Å². The van der Waals surface area contributed by atoms with Crippen LogP contribution in [0.2, 0.25) is 0 Å². The summed E-state index contributed by atoms with van der Waals surface area (Å²) in [4.78, 5) is 0.794. The molecule has 0 aliphatic carbocycles. The molecule has 6 heteroatoms. The van der Waals surface area contributed by atoms with Crippen LogP contribution in [0.5, 0.6) is 5.75 Å². The van der Waals surface area contributed by atoms with Crippen LogP contribution in [0.1, 0.15) is 0 Å². The van der Waals surface area contributed by atoms with Crippen molar-refractivity contribution in [2.45, 2.75) is 11.3 Å². The summed E-state index contributed by atoms with van der Waals surface area (Å²) in [6, 6.07) is 4.31. The molecule has 82 valence electrons. The lowest BCUT2D eigenvalue weighted by Crippen LogP contribution is -2.17. The summed E-state index contributed by atoms with van der Waals surface area (Å²) < 4.78 is 39.6. The number of alkyl halides is 3. The molecule has 2 rings (SSSR count). The van der Waals surface area contributed by atoms with Crippen molar-refractivity contribution in [3.05, 3.63) is 18.2 Å². The largest absolute Gasteiger partial charge is 0.573 e. The molecule has 0 amide bonds. The second kappa shape index (κ2) is 3.84. The summed E-state index contributed by atoms with van der Waals surface area (Å²) in [6.07, 6.45) is -4.62. The molecule has 1 aliphatic heterocycles. The predicted molar refractivity (Wildman–Crippen MR) is 52.3 cm³/mol. The van der Waals surface area contributed by atoms with E-state index in [1.54, 1.807) is 6.07 Å². The number of rotatable bonds is 1. The Morgan fingerprint density at radius 3 is 2.87 bits per heavy atom. The van der Waals surface area contributed by atoms with Crippen molar-refractivity contribution in [2.24, 2.45) is 0 Å². The number of hydrogen-bond donors (Lipinski definition) is 1. The fourth-order valence-corrected chi connectivity index (χ4v) is 2.23. The van der Waals surface area contributed by atoms with Crippen LogP contribution in [0, 0.1) is 0 Å². The number of thioether (sulfide) groups is 1. The molecule has 0 saturated heterocycles. The summed E-state index contributed by atoms with van der Waals surface area (Å²) in [5.74, 6) is 0.681. The zero-order chi connectivity index (χ0) is 10.9. The molecule has 0 radical (unpaired) electrons. The molecule has 1 aromatic rings. The summed E-state index contributed by atoms with van der Waals surface area (Å²) >= 11 is 1.52. The van der Waals surface area contributed by atoms with Crippen LogP contribution in [0.25, 0.3) is 0 Å². The van der Waals surface area contributed by atoms with E-state index in [4.69, 9.17) is 0 Å². The molecule has 0 unspecified atom stereocenters. The van der Waals surface area contributed by atoms with Crippen molar-refractivity contribution in [3.8, 4) is 5.75 Å². The Hall–Kier alpha value is -1.04. The molecule has 1 aromatic carbocycles. The van der Waals surface area contributed by atoms with Gasteiger partial charge in [-0.2, -0.15) is 0 Å².